The fraction of sp³-hybridized carbons (Fsp3) is 0.900. The molecule has 0 heterocycles. The van der Waals surface area contributed by atoms with Gasteiger partial charge in [-0.15, -0.1) is 0 Å². The van der Waals surface area contributed by atoms with Crippen LogP contribution in [0.1, 0.15) is 33.6 Å². The van der Waals surface area contributed by atoms with Gasteiger partial charge in [-0.25, -0.2) is 0 Å². The Hall–Kier alpha value is -0.570. The number of methoxy groups -OCH3 is 1. The van der Waals surface area contributed by atoms with E-state index in [2.05, 4.69) is 0 Å². The van der Waals surface area contributed by atoms with Crippen molar-refractivity contribution < 1.29 is 14.6 Å². The van der Waals surface area contributed by atoms with E-state index in [1.54, 1.807) is 14.0 Å². The van der Waals surface area contributed by atoms with Crippen LogP contribution in [0.3, 0.4) is 0 Å². The van der Waals surface area contributed by atoms with Gasteiger partial charge < -0.3 is 9.84 Å². The second-order valence-electron chi connectivity index (χ2n) is 3.97. The van der Waals surface area contributed by atoms with E-state index in [1.165, 1.54) is 0 Å². The van der Waals surface area contributed by atoms with Crippen molar-refractivity contribution in [2.24, 2.45) is 11.3 Å². The number of rotatable bonds is 6. The van der Waals surface area contributed by atoms with Crippen LogP contribution in [0.4, 0.5) is 0 Å². The Morgan fingerprint density at radius 1 is 1.54 bits per heavy atom. The van der Waals surface area contributed by atoms with Crippen molar-refractivity contribution in [1.82, 2.24) is 0 Å². The fourth-order valence-electron chi connectivity index (χ4n) is 1.23. The highest BCUT2D eigenvalue weighted by molar-refractivity contribution is 5.74. The van der Waals surface area contributed by atoms with E-state index < -0.39 is 11.4 Å². The smallest absolute Gasteiger partial charge is 0.309 e. The predicted molar refractivity (Wildman–Crippen MR) is 51.7 cm³/mol. The average molecular weight is 188 g/mol. The van der Waals surface area contributed by atoms with Gasteiger partial charge in [0.2, 0.25) is 0 Å². The molecule has 0 aliphatic heterocycles. The van der Waals surface area contributed by atoms with Crippen LogP contribution in [0.5, 0.6) is 0 Å². The molecule has 0 rings (SSSR count). The third-order valence-corrected chi connectivity index (χ3v) is 2.81. The third kappa shape index (κ3) is 3.35. The van der Waals surface area contributed by atoms with Crippen LogP contribution >= 0.6 is 0 Å². The van der Waals surface area contributed by atoms with Crippen molar-refractivity contribution in [3.63, 3.8) is 0 Å². The summed E-state index contributed by atoms with van der Waals surface area (Å²) < 4.78 is 4.90. The summed E-state index contributed by atoms with van der Waals surface area (Å²) in [6.07, 6.45) is 1.48. The molecule has 0 aromatic heterocycles. The second-order valence-corrected chi connectivity index (χ2v) is 3.97. The molecule has 1 N–H and O–H groups in total. The molecule has 0 bridgehead atoms. The average Bonchev–Trinajstić information content (AvgIpc) is 2.03. The number of hydrogen-bond donors (Lipinski definition) is 1. The Morgan fingerprint density at radius 2 is 2.08 bits per heavy atom. The first-order valence-corrected chi connectivity index (χ1v) is 4.67. The maximum Gasteiger partial charge on any atom is 0.309 e. The first kappa shape index (κ1) is 12.4. The summed E-state index contributed by atoms with van der Waals surface area (Å²) in [7, 11) is 1.63. The molecule has 13 heavy (non-hydrogen) atoms. The predicted octanol–water partition coefficient (Wildman–Crippen LogP) is 2.16. The lowest BCUT2D eigenvalue weighted by molar-refractivity contribution is -0.151. The van der Waals surface area contributed by atoms with Crippen LogP contribution < -0.4 is 0 Å². The van der Waals surface area contributed by atoms with Crippen LogP contribution in [0.2, 0.25) is 0 Å². The summed E-state index contributed by atoms with van der Waals surface area (Å²) in [5.74, 6) is -0.555. The number of aliphatic carboxylic acids is 1. The molecule has 0 spiro atoms. The lowest BCUT2D eigenvalue weighted by Gasteiger charge is -2.28. The number of hydrogen-bond acceptors (Lipinski definition) is 2. The van der Waals surface area contributed by atoms with Crippen molar-refractivity contribution in [2.75, 3.05) is 13.7 Å². The Labute approximate surface area is 80.1 Å². The summed E-state index contributed by atoms with van der Waals surface area (Å²) in [6, 6.07) is 0. The Bertz CT molecular complexity index is 166. The molecule has 0 aromatic carbocycles. The van der Waals surface area contributed by atoms with Gasteiger partial charge in [-0.2, -0.15) is 0 Å². The van der Waals surface area contributed by atoms with E-state index >= 15 is 0 Å². The van der Waals surface area contributed by atoms with Crippen LogP contribution in [-0.4, -0.2) is 24.8 Å². The zero-order valence-corrected chi connectivity index (χ0v) is 8.96. The molecular formula is C10H20O3. The van der Waals surface area contributed by atoms with Crippen molar-refractivity contribution >= 4 is 5.97 Å². The van der Waals surface area contributed by atoms with Gasteiger partial charge in [-0.3, -0.25) is 4.79 Å². The Balaban J connectivity index is 4.17. The molecule has 3 nitrogen and oxygen atoms in total. The first-order chi connectivity index (χ1) is 5.95. The number of carbonyl (C=O) groups is 1. The zero-order chi connectivity index (χ0) is 10.5. The van der Waals surface area contributed by atoms with Crippen LogP contribution in [0, 0.1) is 11.3 Å². The fourth-order valence-corrected chi connectivity index (χ4v) is 1.23. The lowest BCUT2D eigenvalue weighted by atomic mass is 9.75. The van der Waals surface area contributed by atoms with Crippen molar-refractivity contribution in [1.29, 1.82) is 0 Å². The molecule has 3 heteroatoms. The van der Waals surface area contributed by atoms with E-state index in [0.717, 1.165) is 6.42 Å². The minimum atomic E-state index is -0.710. The van der Waals surface area contributed by atoms with E-state index in [0.29, 0.717) is 13.0 Å². The highest BCUT2D eigenvalue weighted by Crippen LogP contribution is 2.32. The van der Waals surface area contributed by atoms with Gasteiger partial charge in [-0.1, -0.05) is 13.8 Å². The van der Waals surface area contributed by atoms with Gasteiger partial charge in [0.25, 0.3) is 0 Å². The number of carboxylic acids is 1. The Kier molecular flexibility index (Phi) is 4.99. The van der Waals surface area contributed by atoms with Gasteiger partial charge in [0.15, 0.2) is 0 Å². The topological polar surface area (TPSA) is 46.5 Å². The normalized spacial score (nSPS) is 15.8. The molecular weight excluding hydrogens is 168 g/mol. The minimum absolute atomic E-state index is 0.154. The molecule has 0 amide bonds. The molecule has 0 radical (unpaired) electrons. The van der Waals surface area contributed by atoms with E-state index in [-0.39, 0.29) is 5.92 Å². The molecule has 0 saturated carbocycles. The van der Waals surface area contributed by atoms with Gasteiger partial charge in [-0.05, 0) is 25.7 Å². The van der Waals surface area contributed by atoms with Crippen LogP contribution in [0.15, 0.2) is 0 Å². The van der Waals surface area contributed by atoms with E-state index in [1.807, 2.05) is 13.8 Å². The zero-order valence-electron chi connectivity index (χ0n) is 8.96. The van der Waals surface area contributed by atoms with Crippen molar-refractivity contribution in [2.45, 2.75) is 33.6 Å². The largest absolute Gasteiger partial charge is 0.481 e. The van der Waals surface area contributed by atoms with Gasteiger partial charge in [0, 0.05) is 13.7 Å². The summed E-state index contributed by atoms with van der Waals surface area (Å²) in [5.41, 5.74) is -0.613. The SMILES string of the molecule is COCCCC(C)(C(=O)O)C(C)C. The first-order valence-electron chi connectivity index (χ1n) is 4.67. The Morgan fingerprint density at radius 3 is 2.38 bits per heavy atom. The lowest BCUT2D eigenvalue weighted by Crippen LogP contribution is -2.33. The summed E-state index contributed by atoms with van der Waals surface area (Å²) in [4.78, 5) is 11.0. The second kappa shape index (κ2) is 5.22. The molecule has 78 valence electrons. The third-order valence-electron chi connectivity index (χ3n) is 2.81. The molecule has 0 aliphatic rings. The van der Waals surface area contributed by atoms with Crippen LogP contribution in [-0.2, 0) is 9.53 Å². The van der Waals surface area contributed by atoms with Crippen LogP contribution in [0.25, 0.3) is 0 Å². The van der Waals surface area contributed by atoms with E-state index in [4.69, 9.17) is 9.84 Å². The molecule has 0 aromatic rings. The maximum atomic E-state index is 11.0. The molecule has 1 unspecified atom stereocenters. The summed E-state index contributed by atoms with van der Waals surface area (Å²) >= 11 is 0. The standard InChI is InChI=1S/C10H20O3/c1-8(2)10(3,9(11)12)6-5-7-13-4/h8H,5-7H2,1-4H3,(H,11,12). The van der Waals surface area contributed by atoms with Crippen molar-refractivity contribution in [3.05, 3.63) is 0 Å². The highest BCUT2D eigenvalue weighted by Gasteiger charge is 2.35. The minimum Gasteiger partial charge on any atom is -0.481 e. The maximum absolute atomic E-state index is 11.0. The van der Waals surface area contributed by atoms with Gasteiger partial charge >= 0.3 is 5.97 Å². The van der Waals surface area contributed by atoms with Gasteiger partial charge in [0.1, 0.15) is 0 Å². The quantitative estimate of drug-likeness (QED) is 0.650. The van der Waals surface area contributed by atoms with E-state index in [9.17, 15) is 4.79 Å². The monoisotopic (exact) mass is 188 g/mol. The molecule has 0 aliphatic carbocycles. The molecule has 0 fully saturated rings. The molecule has 1 atom stereocenters. The summed E-state index contributed by atoms with van der Waals surface area (Å²) in [5, 5.41) is 9.06. The molecule has 0 saturated heterocycles. The van der Waals surface area contributed by atoms with Crippen molar-refractivity contribution in [3.8, 4) is 0 Å². The van der Waals surface area contributed by atoms with Gasteiger partial charge in [0.05, 0.1) is 5.41 Å². The number of ether oxygens (including phenoxy) is 1. The summed E-state index contributed by atoms with van der Waals surface area (Å²) in [6.45, 7) is 6.33. The highest BCUT2D eigenvalue weighted by atomic mass is 16.5. The number of carboxylic acid groups (broad SMARTS) is 1.